The van der Waals surface area contributed by atoms with E-state index in [1.165, 1.54) is 32.6 Å². The second-order valence-corrected chi connectivity index (χ2v) is 8.32. The number of amides is 1. The lowest BCUT2D eigenvalue weighted by atomic mass is 10.0. The van der Waals surface area contributed by atoms with Gasteiger partial charge >= 0.3 is 0 Å². The molecule has 0 radical (unpaired) electrons. The third-order valence-electron chi connectivity index (χ3n) is 4.72. The number of fused-ring (bicyclic) bond motifs is 3. The van der Waals surface area contributed by atoms with Crippen molar-refractivity contribution in [2.24, 2.45) is 0 Å². The Bertz CT molecular complexity index is 950. The van der Waals surface area contributed by atoms with Crippen LogP contribution < -0.4 is 0 Å². The highest BCUT2D eigenvalue weighted by molar-refractivity contribution is 9.10. The molecule has 4 rings (SSSR count). The van der Waals surface area contributed by atoms with E-state index in [2.05, 4.69) is 58.2 Å². The SMILES string of the molecule is Cc1cc(Br)ccc1SCC(=O)N1CCc2[nH]c3ccccc3c2C1. The number of para-hydroxylation sites is 1. The number of aromatic nitrogens is 1. The zero-order chi connectivity index (χ0) is 17.4. The first kappa shape index (κ1) is 16.7. The van der Waals surface area contributed by atoms with Crippen LogP contribution in [0.4, 0.5) is 0 Å². The number of carbonyl (C=O) groups is 1. The van der Waals surface area contributed by atoms with E-state index in [0.717, 1.165) is 17.4 Å². The molecule has 128 valence electrons. The second-order valence-electron chi connectivity index (χ2n) is 6.39. The number of thioether (sulfide) groups is 1. The maximum Gasteiger partial charge on any atom is 0.233 e. The maximum atomic E-state index is 12.7. The monoisotopic (exact) mass is 414 g/mol. The average Bonchev–Trinajstić information content (AvgIpc) is 2.98. The van der Waals surface area contributed by atoms with Gasteiger partial charge in [-0.2, -0.15) is 0 Å². The molecule has 5 heteroatoms. The van der Waals surface area contributed by atoms with E-state index >= 15 is 0 Å². The molecule has 25 heavy (non-hydrogen) atoms. The molecule has 2 heterocycles. The van der Waals surface area contributed by atoms with E-state index in [9.17, 15) is 4.79 Å². The molecule has 0 aliphatic carbocycles. The predicted molar refractivity (Wildman–Crippen MR) is 107 cm³/mol. The molecule has 0 fully saturated rings. The summed E-state index contributed by atoms with van der Waals surface area (Å²) < 4.78 is 1.07. The van der Waals surface area contributed by atoms with Crippen LogP contribution in [-0.4, -0.2) is 28.1 Å². The summed E-state index contributed by atoms with van der Waals surface area (Å²) in [6.45, 7) is 3.58. The number of hydrogen-bond donors (Lipinski definition) is 1. The Balaban J connectivity index is 1.46. The highest BCUT2D eigenvalue weighted by Gasteiger charge is 2.23. The van der Waals surface area contributed by atoms with Gasteiger partial charge in [0.05, 0.1) is 5.75 Å². The molecule has 3 nitrogen and oxygen atoms in total. The lowest BCUT2D eigenvalue weighted by molar-refractivity contribution is -0.129. The normalized spacial score (nSPS) is 13.9. The van der Waals surface area contributed by atoms with E-state index in [4.69, 9.17) is 0 Å². The number of aryl methyl sites for hydroxylation is 1. The van der Waals surface area contributed by atoms with Crippen molar-refractivity contribution in [2.75, 3.05) is 12.3 Å². The van der Waals surface area contributed by atoms with Crippen LogP contribution >= 0.6 is 27.7 Å². The molecule has 0 atom stereocenters. The highest BCUT2D eigenvalue weighted by Crippen LogP contribution is 2.29. The van der Waals surface area contributed by atoms with E-state index in [1.807, 2.05) is 17.0 Å². The number of nitrogens with zero attached hydrogens (tertiary/aromatic N) is 1. The molecule has 3 aromatic rings. The van der Waals surface area contributed by atoms with Crippen LogP contribution in [0, 0.1) is 6.92 Å². The van der Waals surface area contributed by atoms with Gasteiger partial charge in [0.25, 0.3) is 0 Å². The minimum absolute atomic E-state index is 0.211. The van der Waals surface area contributed by atoms with Crippen molar-refractivity contribution in [3.05, 3.63) is 63.8 Å². The molecular formula is C20H19BrN2OS. The first-order valence-electron chi connectivity index (χ1n) is 8.37. The minimum atomic E-state index is 0.211. The summed E-state index contributed by atoms with van der Waals surface area (Å²) >= 11 is 5.11. The summed E-state index contributed by atoms with van der Waals surface area (Å²) in [5.41, 5.74) is 4.92. The van der Waals surface area contributed by atoms with E-state index in [0.29, 0.717) is 12.3 Å². The van der Waals surface area contributed by atoms with E-state index in [1.54, 1.807) is 11.8 Å². The molecule has 0 spiro atoms. The summed E-state index contributed by atoms with van der Waals surface area (Å²) in [6, 6.07) is 14.5. The summed E-state index contributed by atoms with van der Waals surface area (Å²) in [5.74, 6) is 0.698. The number of H-pyrrole nitrogens is 1. The standard InChI is InChI=1S/C20H19BrN2OS/c1-13-10-14(21)6-7-19(13)25-12-20(24)23-9-8-18-16(11-23)15-4-2-3-5-17(15)22-18/h2-7,10,22H,8-9,11-12H2,1H3. The highest BCUT2D eigenvalue weighted by atomic mass is 79.9. The molecule has 0 bridgehead atoms. The van der Waals surface area contributed by atoms with Crippen LogP contribution in [0.2, 0.25) is 0 Å². The van der Waals surface area contributed by atoms with Crippen molar-refractivity contribution in [3.8, 4) is 0 Å². The van der Waals surface area contributed by atoms with Crippen molar-refractivity contribution in [1.82, 2.24) is 9.88 Å². The Morgan fingerprint density at radius 3 is 2.96 bits per heavy atom. The first-order valence-corrected chi connectivity index (χ1v) is 10.1. The van der Waals surface area contributed by atoms with Gasteiger partial charge in [-0.1, -0.05) is 34.1 Å². The van der Waals surface area contributed by atoms with Gasteiger partial charge in [-0.3, -0.25) is 4.79 Å². The zero-order valence-corrected chi connectivity index (χ0v) is 16.4. The Hall–Kier alpha value is -1.72. The largest absolute Gasteiger partial charge is 0.358 e. The van der Waals surface area contributed by atoms with Crippen LogP contribution in [0.5, 0.6) is 0 Å². The van der Waals surface area contributed by atoms with Crippen molar-refractivity contribution < 1.29 is 4.79 Å². The van der Waals surface area contributed by atoms with Crippen LogP contribution in [-0.2, 0) is 17.8 Å². The number of nitrogens with one attached hydrogen (secondary N) is 1. The lowest BCUT2D eigenvalue weighted by Gasteiger charge is -2.27. The van der Waals surface area contributed by atoms with Crippen LogP contribution in [0.1, 0.15) is 16.8 Å². The topological polar surface area (TPSA) is 36.1 Å². The predicted octanol–water partition coefficient (Wildman–Crippen LogP) is 4.92. The van der Waals surface area contributed by atoms with Crippen molar-refractivity contribution >= 4 is 44.5 Å². The third kappa shape index (κ3) is 3.35. The van der Waals surface area contributed by atoms with Gasteiger partial charge in [-0.05, 0) is 36.8 Å². The molecule has 1 N–H and O–H groups in total. The fourth-order valence-corrected chi connectivity index (χ4v) is 4.77. The fourth-order valence-electron chi connectivity index (χ4n) is 3.38. The molecular weight excluding hydrogens is 396 g/mol. The number of carbonyl (C=O) groups excluding carboxylic acids is 1. The van der Waals surface area contributed by atoms with Crippen LogP contribution in [0.15, 0.2) is 51.8 Å². The fraction of sp³-hybridized carbons (Fsp3) is 0.250. The summed E-state index contributed by atoms with van der Waals surface area (Å²) in [4.78, 5) is 19.4. The Morgan fingerprint density at radius 2 is 2.12 bits per heavy atom. The number of hydrogen-bond acceptors (Lipinski definition) is 2. The molecule has 1 aromatic heterocycles. The zero-order valence-electron chi connectivity index (χ0n) is 14.0. The Labute approximate surface area is 159 Å². The minimum Gasteiger partial charge on any atom is -0.358 e. The molecule has 1 aliphatic heterocycles. The second kappa shape index (κ2) is 6.89. The van der Waals surface area contributed by atoms with Gasteiger partial charge in [0.2, 0.25) is 5.91 Å². The number of rotatable bonds is 3. The van der Waals surface area contributed by atoms with Gasteiger partial charge in [0.1, 0.15) is 0 Å². The van der Waals surface area contributed by atoms with Gasteiger partial charge < -0.3 is 9.88 Å². The lowest BCUT2D eigenvalue weighted by Crippen LogP contribution is -2.36. The summed E-state index contributed by atoms with van der Waals surface area (Å²) in [6.07, 6.45) is 0.901. The quantitative estimate of drug-likeness (QED) is 0.617. The molecule has 1 aliphatic rings. The molecule has 1 amide bonds. The first-order chi connectivity index (χ1) is 12.1. The van der Waals surface area contributed by atoms with Crippen molar-refractivity contribution in [3.63, 3.8) is 0 Å². The average molecular weight is 415 g/mol. The van der Waals surface area contributed by atoms with Gasteiger partial charge in [0.15, 0.2) is 0 Å². The van der Waals surface area contributed by atoms with Gasteiger partial charge in [-0.15, -0.1) is 11.8 Å². The third-order valence-corrected chi connectivity index (χ3v) is 6.38. The van der Waals surface area contributed by atoms with E-state index in [-0.39, 0.29) is 5.91 Å². The summed E-state index contributed by atoms with van der Waals surface area (Å²) in [5, 5.41) is 1.24. The van der Waals surface area contributed by atoms with Crippen molar-refractivity contribution in [1.29, 1.82) is 0 Å². The van der Waals surface area contributed by atoms with Crippen molar-refractivity contribution in [2.45, 2.75) is 24.8 Å². The Morgan fingerprint density at radius 1 is 1.28 bits per heavy atom. The molecule has 2 aromatic carbocycles. The van der Waals surface area contributed by atoms with Crippen LogP contribution in [0.25, 0.3) is 10.9 Å². The van der Waals surface area contributed by atoms with Gasteiger partial charge in [0, 0.05) is 51.0 Å². The Kier molecular flexibility index (Phi) is 4.61. The van der Waals surface area contributed by atoms with Gasteiger partial charge in [-0.25, -0.2) is 0 Å². The number of benzene rings is 2. The maximum absolute atomic E-state index is 12.7. The smallest absolute Gasteiger partial charge is 0.233 e. The van der Waals surface area contributed by atoms with E-state index < -0.39 is 0 Å². The van der Waals surface area contributed by atoms with Crippen LogP contribution in [0.3, 0.4) is 0 Å². The number of aromatic amines is 1. The molecule has 0 saturated heterocycles. The molecule has 0 saturated carbocycles. The number of halogens is 1. The summed E-state index contributed by atoms with van der Waals surface area (Å²) in [7, 11) is 0. The molecule has 0 unspecified atom stereocenters.